The summed E-state index contributed by atoms with van der Waals surface area (Å²) >= 11 is 3.33. The standard InChI is InChI=1S/C18H23NO2S2/c1-18(21,16-10-13-6-2-5-9-15(13)23-16)12-19-17(20)11-22-14-7-3-4-8-14/h2,5-6,9-10,14,21H,3-4,7-8,11-12H2,1H3,(H,19,20)/t18-/m1/s1. The molecule has 1 atom stereocenters. The van der Waals surface area contributed by atoms with Crippen LogP contribution >= 0.6 is 23.1 Å². The van der Waals surface area contributed by atoms with Crippen molar-refractivity contribution in [3.8, 4) is 0 Å². The van der Waals surface area contributed by atoms with Crippen molar-refractivity contribution in [3.05, 3.63) is 35.2 Å². The van der Waals surface area contributed by atoms with Crippen LogP contribution in [0.3, 0.4) is 0 Å². The number of amides is 1. The van der Waals surface area contributed by atoms with Gasteiger partial charge in [-0.3, -0.25) is 4.79 Å². The van der Waals surface area contributed by atoms with Crippen LogP contribution in [-0.2, 0) is 10.4 Å². The molecule has 0 radical (unpaired) electrons. The number of carbonyl (C=O) groups excluding carboxylic acids is 1. The van der Waals surface area contributed by atoms with Gasteiger partial charge in [0.2, 0.25) is 5.91 Å². The van der Waals surface area contributed by atoms with Crippen molar-refractivity contribution < 1.29 is 9.90 Å². The maximum atomic E-state index is 12.0. The molecule has 3 rings (SSSR count). The molecule has 3 nitrogen and oxygen atoms in total. The Morgan fingerprint density at radius 1 is 1.39 bits per heavy atom. The average molecular weight is 350 g/mol. The van der Waals surface area contributed by atoms with Crippen LogP contribution in [0.4, 0.5) is 0 Å². The summed E-state index contributed by atoms with van der Waals surface area (Å²) in [4.78, 5) is 12.9. The Hall–Kier alpha value is -1.04. The number of fused-ring (bicyclic) bond motifs is 1. The Bertz CT molecular complexity index is 641. The van der Waals surface area contributed by atoms with Crippen molar-refractivity contribution in [2.24, 2.45) is 0 Å². The lowest BCUT2D eigenvalue weighted by molar-refractivity contribution is -0.119. The van der Waals surface area contributed by atoms with E-state index in [0.717, 1.165) is 15.0 Å². The zero-order chi connectivity index (χ0) is 16.3. The van der Waals surface area contributed by atoms with E-state index in [1.807, 2.05) is 24.3 Å². The molecular formula is C18H23NO2S2. The van der Waals surface area contributed by atoms with Crippen molar-refractivity contribution in [3.63, 3.8) is 0 Å². The second-order valence-corrected chi connectivity index (χ2v) is 8.79. The second-order valence-electron chi connectivity index (χ2n) is 6.42. The minimum absolute atomic E-state index is 0.0169. The van der Waals surface area contributed by atoms with Crippen molar-refractivity contribution in [1.29, 1.82) is 0 Å². The summed E-state index contributed by atoms with van der Waals surface area (Å²) in [5.41, 5.74) is -1.03. The second kappa shape index (κ2) is 7.24. The Kier molecular flexibility index (Phi) is 5.29. The molecule has 1 aromatic carbocycles. The summed E-state index contributed by atoms with van der Waals surface area (Å²) in [6.45, 7) is 2.02. The van der Waals surface area contributed by atoms with Gasteiger partial charge in [0.15, 0.2) is 0 Å². The summed E-state index contributed by atoms with van der Waals surface area (Å²) in [6.07, 6.45) is 5.05. The molecule has 0 saturated heterocycles. The van der Waals surface area contributed by atoms with E-state index in [4.69, 9.17) is 0 Å². The molecule has 1 amide bonds. The molecule has 0 unspecified atom stereocenters. The molecule has 124 valence electrons. The molecule has 23 heavy (non-hydrogen) atoms. The van der Waals surface area contributed by atoms with Crippen LogP contribution in [-0.4, -0.2) is 28.6 Å². The number of hydrogen-bond donors (Lipinski definition) is 2. The Morgan fingerprint density at radius 3 is 2.87 bits per heavy atom. The van der Waals surface area contributed by atoms with Gasteiger partial charge < -0.3 is 10.4 Å². The molecule has 0 bridgehead atoms. The van der Waals surface area contributed by atoms with Gasteiger partial charge in [0.25, 0.3) is 0 Å². The number of benzene rings is 1. The monoisotopic (exact) mass is 349 g/mol. The molecule has 1 fully saturated rings. The van der Waals surface area contributed by atoms with E-state index < -0.39 is 5.60 Å². The molecule has 2 N–H and O–H groups in total. The minimum atomic E-state index is -1.03. The van der Waals surface area contributed by atoms with Crippen LogP contribution < -0.4 is 5.32 Å². The highest BCUT2D eigenvalue weighted by Gasteiger charge is 2.26. The van der Waals surface area contributed by atoms with E-state index in [1.165, 1.54) is 25.7 Å². The van der Waals surface area contributed by atoms with Crippen LogP contribution in [0.25, 0.3) is 10.1 Å². The van der Waals surface area contributed by atoms with Crippen LogP contribution in [0.15, 0.2) is 30.3 Å². The predicted octanol–water partition coefficient (Wildman–Crippen LogP) is 3.90. The quantitative estimate of drug-likeness (QED) is 0.831. The number of thioether (sulfide) groups is 1. The van der Waals surface area contributed by atoms with E-state index >= 15 is 0 Å². The first-order chi connectivity index (χ1) is 11.0. The molecule has 1 aliphatic rings. The first-order valence-corrected chi connectivity index (χ1v) is 10.0. The van der Waals surface area contributed by atoms with Gasteiger partial charge in [0, 0.05) is 14.8 Å². The highest BCUT2D eigenvalue weighted by atomic mass is 32.2. The van der Waals surface area contributed by atoms with Gasteiger partial charge in [-0.1, -0.05) is 31.0 Å². The third kappa shape index (κ3) is 4.28. The summed E-state index contributed by atoms with van der Waals surface area (Å²) in [7, 11) is 0. The van der Waals surface area contributed by atoms with E-state index in [0.29, 0.717) is 11.0 Å². The topological polar surface area (TPSA) is 49.3 Å². The lowest BCUT2D eigenvalue weighted by Crippen LogP contribution is -2.39. The third-order valence-electron chi connectivity index (χ3n) is 4.34. The molecular weight excluding hydrogens is 326 g/mol. The number of rotatable bonds is 6. The maximum Gasteiger partial charge on any atom is 0.230 e. The summed E-state index contributed by atoms with van der Waals surface area (Å²) in [6, 6.07) is 10.1. The first kappa shape index (κ1) is 16.8. The van der Waals surface area contributed by atoms with Gasteiger partial charge in [0.1, 0.15) is 5.60 Å². The van der Waals surface area contributed by atoms with Crippen LogP contribution in [0.2, 0.25) is 0 Å². The highest BCUT2D eigenvalue weighted by Crippen LogP contribution is 2.33. The summed E-state index contributed by atoms with van der Waals surface area (Å²) < 4.78 is 1.16. The van der Waals surface area contributed by atoms with Gasteiger partial charge in [-0.15, -0.1) is 23.1 Å². The fourth-order valence-corrected chi connectivity index (χ4v) is 5.17. The zero-order valence-corrected chi connectivity index (χ0v) is 15.0. The lowest BCUT2D eigenvalue weighted by atomic mass is 10.0. The molecule has 1 heterocycles. The SMILES string of the molecule is C[C@@](O)(CNC(=O)CSC1CCCC1)c1cc2ccccc2s1. The number of carbonyl (C=O) groups is 1. The number of hydrogen-bond acceptors (Lipinski definition) is 4. The Balaban J connectivity index is 1.54. The number of aliphatic hydroxyl groups is 1. The largest absolute Gasteiger partial charge is 0.383 e. The lowest BCUT2D eigenvalue weighted by Gasteiger charge is -2.22. The van der Waals surface area contributed by atoms with Gasteiger partial charge in [0.05, 0.1) is 12.3 Å². The fourth-order valence-electron chi connectivity index (χ4n) is 2.90. The van der Waals surface area contributed by atoms with Crippen LogP contribution in [0.5, 0.6) is 0 Å². The molecule has 2 aromatic rings. The van der Waals surface area contributed by atoms with E-state index in [1.54, 1.807) is 30.0 Å². The Morgan fingerprint density at radius 2 is 2.13 bits per heavy atom. The molecule has 0 spiro atoms. The molecule has 1 saturated carbocycles. The van der Waals surface area contributed by atoms with E-state index in [-0.39, 0.29) is 12.5 Å². The summed E-state index contributed by atoms with van der Waals surface area (Å²) in [5, 5.41) is 15.4. The van der Waals surface area contributed by atoms with Crippen molar-refractivity contribution in [1.82, 2.24) is 5.32 Å². The zero-order valence-electron chi connectivity index (χ0n) is 13.4. The predicted molar refractivity (Wildman–Crippen MR) is 99.1 cm³/mol. The van der Waals surface area contributed by atoms with E-state index in [2.05, 4.69) is 11.4 Å². The number of thiophene rings is 1. The van der Waals surface area contributed by atoms with Gasteiger partial charge in [-0.05, 0) is 37.3 Å². The Labute approximate surface area is 145 Å². The van der Waals surface area contributed by atoms with Crippen molar-refractivity contribution in [2.45, 2.75) is 43.5 Å². The average Bonchev–Trinajstić information content (AvgIpc) is 3.20. The summed E-state index contributed by atoms with van der Waals surface area (Å²) in [5.74, 6) is 0.510. The molecule has 5 heteroatoms. The van der Waals surface area contributed by atoms with Crippen LogP contribution in [0.1, 0.15) is 37.5 Å². The van der Waals surface area contributed by atoms with Crippen LogP contribution in [0, 0.1) is 0 Å². The van der Waals surface area contributed by atoms with E-state index in [9.17, 15) is 9.90 Å². The third-order valence-corrected chi connectivity index (χ3v) is 7.08. The smallest absolute Gasteiger partial charge is 0.230 e. The van der Waals surface area contributed by atoms with Crippen molar-refractivity contribution in [2.75, 3.05) is 12.3 Å². The minimum Gasteiger partial charge on any atom is -0.383 e. The molecule has 0 aliphatic heterocycles. The maximum absolute atomic E-state index is 12.0. The highest BCUT2D eigenvalue weighted by molar-refractivity contribution is 8.00. The van der Waals surface area contributed by atoms with Crippen molar-refractivity contribution >= 4 is 39.1 Å². The first-order valence-electron chi connectivity index (χ1n) is 8.14. The van der Waals surface area contributed by atoms with Gasteiger partial charge >= 0.3 is 0 Å². The van der Waals surface area contributed by atoms with Gasteiger partial charge in [-0.2, -0.15) is 0 Å². The fraction of sp³-hybridized carbons (Fsp3) is 0.500. The molecule has 1 aromatic heterocycles. The normalized spacial score (nSPS) is 18.2. The van der Waals surface area contributed by atoms with Gasteiger partial charge in [-0.25, -0.2) is 0 Å². The molecule has 1 aliphatic carbocycles. The number of nitrogens with one attached hydrogen (secondary N) is 1.